The molecule has 7 rings (SSSR count). The van der Waals surface area contributed by atoms with E-state index < -0.39 is 13.3 Å². The first-order valence-electron chi connectivity index (χ1n) is 19.8. The van der Waals surface area contributed by atoms with Crippen molar-refractivity contribution in [2.45, 2.75) is 123 Å². The Kier molecular flexibility index (Phi) is 13.2. The third-order valence-electron chi connectivity index (χ3n) is 10.7. The van der Waals surface area contributed by atoms with Crippen molar-refractivity contribution in [3.05, 3.63) is 114 Å². The number of hydrogen-bond donors (Lipinski definition) is 0. The van der Waals surface area contributed by atoms with Crippen LogP contribution in [0.3, 0.4) is 0 Å². The zero-order valence-corrected chi connectivity index (χ0v) is 39.0. The minimum atomic E-state index is -1.90. The summed E-state index contributed by atoms with van der Waals surface area (Å²) in [6.45, 7) is 18.2. The van der Waals surface area contributed by atoms with Gasteiger partial charge in [-0.15, -0.1) is 23.8 Å². The van der Waals surface area contributed by atoms with Crippen LogP contribution < -0.4 is 4.40 Å². The van der Waals surface area contributed by atoms with Crippen LogP contribution >= 0.6 is 0 Å². The number of hydrogen-bond acceptors (Lipinski definition) is 3. The zero-order chi connectivity index (χ0) is 38.1. The van der Waals surface area contributed by atoms with Crippen molar-refractivity contribution in [3.63, 3.8) is 0 Å². The molecule has 0 saturated heterocycles. The number of pyridine rings is 2. The first kappa shape index (κ1) is 42.1. The van der Waals surface area contributed by atoms with E-state index in [2.05, 4.69) is 140 Å². The fourth-order valence-electron chi connectivity index (χ4n) is 7.80. The molecule has 3 heterocycles. The van der Waals surface area contributed by atoms with Gasteiger partial charge in [0, 0.05) is 31.7 Å². The van der Waals surface area contributed by atoms with Gasteiger partial charge >= 0.3 is 132 Å². The molecule has 3 aromatic heterocycles. The molecule has 1 saturated carbocycles. The van der Waals surface area contributed by atoms with E-state index in [-0.39, 0.29) is 25.5 Å². The van der Waals surface area contributed by atoms with Crippen LogP contribution in [-0.2, 0) is 38.4 Å². The van der Waals surface area contributed by atoms with E-state index in [1.165, 1.54) is 64.1 Å². The number of fused-ring (bicyclic) bond motifs is 3. The number of benzene rings is 3. The minimum absolute atomic E-state index is 0. The molecule has 0 unspecified atom stereocenters. The smallest absolute Gasteiger partial charge is 0.120 e. The number of nitrogens with zero attached hydrogens (tertiary/aromatic N) is 2. The molecule has 0 N–H and O–H groups in total. The van der Waals surface area contributed by atoms with Crippen LogP contribution in [0.25, 0.3) is 44.5 Å². The van der Waals surface area contributed by atoms with E-state index in [1.54, 1.807) is 0 Å². The van der Waals surface area contributed by atoms with Crippen LogP contribution in [0.1, 0.15) is 109 Å². The maximum atomic E-state index is 6.12. The molecule has 0 aliphatic heterocycles. The third-order valence-corrected chi connectivity index (χ3v) is 15.0. The molecule has 3 nitrogen and oxygen atoms in total. The topological polar surface area (TPSA) is 38.9 Å². The van der Waals surface area contributed by atoms with E-state index in [0.717, 1.165) is 51.4 Å². The molecule has 0 bridgehead atoms. The van der Waals surface area contributed by atoms with E-state index in [1.807, 2.05) is 24.3 Å². The predicted octanol–water partition coefficient (Wildman–Crippen LogP) is 13.3. The zero-order valence-electron chi connectivity index (χ0n) is 34.5. The fourth-order valence-corrected chi connectivity index (χ4v) is 11.1. The van der Waals surface area contributed by atoms with Gasteiger partial charge in [-0.3, -0.25) is 0 Å². The molecule has 3 aromatic carbocycles. The van der Waals surface area contributed by atoms with Gasteiger partial charge < -0.3 is 9.40 Å². The molecule has 287 valence electrons. The molecular weight excluding hydrogens is 897 g/mol. The van der Waals surface area contributed by atoms with E-state index in [9.17, 15) is 0 Å². The molecule has 5 heteroatoms. The number of aromatic nitrogens is 2. The van der Waals surface area contributed by atoms with Gasteiger partial charge in [0.05, 0.1) is 5.58 Å². The van der Waals surface area contributed by atoms with Crippen molar-refractivity contribution >= 4 is 39.6 Å². The summed E-state index contributed by atoms with van der Waals surface area (Å²) in [5.74, 6) is 8.64. The van der Waals surface area contributed by atoms with Gasteiger partial charge in [-0.2, -0.15) is 0 Å². The molecule has 0 amide bonds. The molecule has 1 aliphatic rings. The molecule has 0 atom stereocenters. The quantitative estimate of drug-likeness (QED) is 0.118. The van der Waals surface area contributed by atoms with Crippen molar-refractivity contribution in [2.75, 3.05) is 0 Å². The van der Waals surface area contributed by atoms with Crippen LogP contribution in [0.5, 0.6) is 0 Å². The Hall–Kier alpha value is -3.05. The van der Waals surface area contributed by atoms with Crippen LogP contribution in [0, 0.1) is 23.5 Å². The minimum Gasteiger partial charge on any atom is -0.500 e. The summed E-state index contributed by atoms with van der Waals surface area (Å²) in [4.78, 5) is 9.59. The molecule has 6 aromatic rings. The summed E-state index contributed by atoms with van der Waals surface area (Å²) in [6.07, 6.45) is 12.0. The average Bonchev–Trinajstić information content (AvgIpc) is 3.74. The fraction of sp³-hybridized carbons (Fsp3) is 0.429. The Bertz CT molecular complexity index is 2170. The van der Waals surface area contributed by atoms with Crippen molar-refractivity contribution in [1.29, 1.82) is 0 Å². The van der Waals surface area contributed by atoms with Crippen molar-refractivity contribution < 1.29 is 24.5 Å². The van der Waals surface area contributed by atoms with Crippen LogP contribution in [0.4, 0.5) is 0 Å². The molecular formula is C49H60GeIrN2O-2. The predicted molar refractivity (Wildman–Crippen MR) is 229 cm³/mol. The summed E-state index contributed by atoms with van der Waals surface area (Å²) in [6, 6.07) is 30.2. The second-order valence-electron chi connectivity index (χ2n) is 19.0. The van der Waals surface area contributed by atoms with Gasteiger partial charge in [0.15, 0.2) is 0 Å². The summed E-state index contributed by atoms with van der Waals surface area (Å²) in [5, 5.41) is 2.32. The largest absolute Gasteiger partial charge is 0.500 e. The maximum absolute atomic E-state index is 6.12. The van der Waals surface area contributed by atoms with E-state index >= 15 is 0 Å². The summed E-state index contributed by atoms with van der Waals surface area (Å²) in [7, 11) is 0. The Balaban J connectivity index is 0.000000223. The molecule has 54 heavy (non-hydrogen) atoms. The van der Waals surface area contributed by atoms with Gasteiger partial charge in [-0.1, -0.05) is 77.8 Å². The summed E-state index contributed by atoms with van der Waals surface area (Å²) < 4.78 is 7.65. The average molecular weight is 958 g/mol. The first-order valence-corrected chi connectivity index (χ1v) is 27.1. The second kappa shape index (κ2) is 17.0. The van der Waals surface area contributed by atoms with E-state index in [0.29, 0.717) is 11.3 Å². The SMILES string of the molecule is CC(C)(C)Cc1cc(-c2[c-]cccc2)nc[c]1[Ge]([CH3])([CH3])[CH3].CC(C)c1cnc(-c2[c-]cc3oc4ccc(C(C)(C)C)cc4c3c2)cc1CC1CCCC1.[Ir]. The van der Waals surface area contributed by atoms with E-state index in [4.69, 9.17) is 14.4 Å². The summed E-state index contributed by atoms with van der Waals surface area (Å²) >= 11 is -1.90. The van der Waals surface area contributed by atoms with Crippen LogP contribution in [0.2, 0.25) is 17.3 Å². The number of rotatable bonds is 7. The molecule has 1 aliphatic carbocycles. The Morgan fingerprint density at radius 1 is 0.778 bits per heavy atom. The van der Waals surface area contributed by atoms with Crippen molar-refractivity contribution in [2.24, 2.45) is 11.3 Å². The summed E-state index contributed by atoms with van der Waals surface area (Å²) in [5.41, 5.74) is 12.1. The van der Waals surface area contributed by atoms with Crippen molar-refractivity contribution in [3.8, 4) is 22.5 Å². The van der Waals surface area contributed by atoms with Crippen molar-refractivity contribution in [1.82, 2.24) is 9.97 Å². The molecule has 1 fully saturated rings. The third kappa shape index (κ3) is 10.2. The van der Waals surface area contributed by atoms with Gasteiger partial charge in [-0.05, 0) is 58.2 Å². The van der Waals surface area contributed by atoms with Gasteiger partial charge in [0.25, 0.3) is 0 Å². The van der Waals surface area contributed by atoms with Gasteiger partial charge in [0.1, 0.15) is 5.58 Å². The Morgan fingerprint density at radius 2 is 1.44 bits per heavy atom. The molecule has 0 spiro atoms. The van der Waals surface area contributed by atoms with Crippen LogP contribution in [-0.4, -0.2) is 23.2 Å². The standard InChI is InChI=1S/C30H34NO.C19H26GeN.Ir/c1-19(2)26-18-31-27(16-22(26)14-20-8-6-7-9-20)21-10-12-28-24(15-21)25-17-23(30(3,4)5)11-13-29(25)32-28;1-19(2,3)13-16-12-18(15-10-8-7-9-11-15)21-14-17(16)20(4,5)6;/h11-13,15-20H,6-9,14H2,1-5H3;7-10,12,14H,13H2,1-6H3;/q2*-1;. The van der Waals surface area contributed by atoms with Gasteiger partial charge in [-0.25, -0.2) is 0 Å². The monoisotopic (exact) mass is 959 g/mol. The Labute approximate surface area is 341 Å². The molecule has 1 radical (unpaired) electrons. The van der Waals surface area contributed by atoms with Crippen LogP contribution in [0.15, 0.2) is 83.5 Å². The number of furan rings is 1. The van der Waals surface area contributed by atoms with Gasteiger partial charge in [0.2, 0.25) is 0 Å². The second-order valence-corrected chi connectivity index (χ2v) is 29.5. The normalized spacial score (nSPS) is 14.0. The Morgan fingerprint density at radius 3 is 2.07 bits per heavy atom. The first-order chi connectivity index (χ1) is 25.0. The maximum Gasteiger partial charge on any atom is 0.120 e.